The zero-order chi connectivity index (χ0) is 14.7. The summed E-state index contributed by atoms with van der Waals surface area (Å²) < 4.78 is 0. The molecule has 114 valence electrons. The Morgan fingerprint density at radius 3 is 2.67 bits per heavy atom. The third kappa shape index (κ3) is 3.37. The molecule has 2 nitrogen and oxygen atoms in total. The number of carbonyl (C=O) groups is 1. The molecule has 0 N–H and O–H groups in total. The molecule has 1 saturated carbocycles. The maximum Gasteiger partial charge on any atom is 0.166 e. The largest absolute Gasteiger partial charge is 0.299 e. The number of rotatable bonds is 4. The average Bonchev–Trinajstić information content (AvgIpc) is 2.55. The van der Waals surface area contributed by atoms with E-state index in [2.05, 4.69) is 11.8 Å². The fourth-order valence-corrected chi connectivity index (χ4v) is 4.28. The summed E-state index contributed by atoms with van der Waals surface area (Å²) >= 11 is 0. The molecule has 1 aromatic rings. The molecule has 1 heterocycles. The van der Waals surface area contributed by atoms with Crippen LogP contribution in [-0.2, 0) is 0 Å². The van der Waals surface area contributed by atoms with Gasteiger partial charge in [-0.1, -0.05) is 50.1 Å². The predicted molar refractivity (Wildman–Crippen MR) is 86.5 cm³/mol. The van der Waals surface area contributed by atoms with Crippen molar-refractivity contribution in [2.75, 3.05) is 13.1 Å². The third-order valence-corrected chi connectivity index (χ3v) is 5.37. The van der Waals surface area contributed by atoms with Crippen LogP contribution in [0.3, 0.4) is 0 Å². The number of carbonyl (C=O) groups excluding carboxylic acids is 1. The lowest BCUT2D eigenvalue weighted by Gasteiger charge is -2.45. The van der Waals surface area contributed by atoms with Crippen LogP contribution in [0.25, 0.3) is 0 Å². The number of likely N-dealkylation sites (tertiary alicyclic amines) is 1. The van der Waals surface area contributed by atoms with Crippen LogP contribution in [-0.4, -0.2) is 29.8 Å². The summed E-state index contributed by atoms with van der Waals surface area (Å²) in [5.41, 5.74) is 0.863. The smallest absolute Gasteiger partial charge is 0.166 e. The Kier molecular flexibility index (Phi) is 4.74. The molecule has 1 aliphatic heterocycles. The van der Waals surface area contributed by atoms with Crippen LogP contribution in [0.5, 0.6) is 0 Å². The highest BCUT2D eigenvalue weighted by atomic mass is 16.1. The van der Waals surface area contributed by atoms with Gasteiger partial charge in [-0.3, -0.25) is 9.69 Å². The van der Waals surface area contributed by atoms with Gasteiger partial charge in [0.1, 0.15) is 0 Å². The van der Waals surface area contributed by atoms with E-state index in [0.29, 0.717) is 5.78 Å². The monoisotopic (exact) mass is 285 g/mol. The van der Waals surface area contributed by atoms with E-state index in [1.807, 2.05) is 30.3 Å². The molecular weight excluding hydrogens is 258 g/mol. The van der Waals surface area contributed by atoms with Crippen molar-refractivity contribution in [2.24, 2.45) is 11.8 Å². The van der Waals surface area contributed by atoms with Crippen molar-refractivity contribution in [3.8, 4) is 0 Å². The molecule has 0 radical (unpaired) electrons. The first kappa shape index (κ1) is 14.8. The zero-order valence-corrected chi connectivity index (χ0v) is 13.1. The average molecular weight is 285 g/mol. The summed E-state index contributed by atoms with van der Waals surface area (Å²) in [7, 11) is 0. The molecule has 3 rings (SSSR count). The van der Waals surface area contributed by atoms with E-state index < -0.39 is 0 Å². The molecule has 2 fully saturated rings. The van der Waals surface area contributed by atoms with Crippen molar-refractivity contribution >= 4 is 5.78 Å². The minimum atomic E-state index is 0.105. The Balaban J connectivity index is 1.63. The van der Waals surface area contributed by atoms with Crippen molar-refractivity contribution in [3.05, 3.63) is 35.9 Å². The first-order chi connectivity index (χ1) is 10.3. The van der Waals surface area contributed by atoms with Gasteiger partial charge in [-0.2, -0.15) is 0 Å². The molecule has 3 atom stereocenters. The molecule has 1 aliphatic carbocycles. The van der Waals surface area contributed by atoms with Gasteiger partial charge in [0, 0.05) is 24.1 Å². The van der Waals surface area contributed by atoms with Crippen LogP contribution in [0.1, 0.15) is 55.8 Å². The second-order valence-corrected chi connectivity index (χ2v) is 6.88. The quantitative estimate of drug-likeness (QED) is 0.774. The van der Waals surface area contributed by atoms with Gasteiger partial charge in [-0.15, -0.1) is 0 Å². The van der Waals surface area contributed by atoms with Crippen LogP contribution in [0.2, 0.25) is 0 Å². The van der Waals surface area contributed by atoms with Crippen molar-refractivity contribution in [2.45, 2.75) is 51.5 Å². The number of fused-ring (bicyclic) bond motifs is 1. The Morgan fingerprint density at radius 1 is 1.14 bits per heavy atom. The summed E-state index contributed by atoms with van der Waals surface area (Å²) in [6.45, 7) is 4.23. The van der Waals surface area contributed by atoms with Gasteiger partial charge in [0.2, 0.25) is 0 Å². The molecule has 2 aliphatic rings. The van der Waals surface area contributed by atoms with Crippen LogP contribution in [0.4, 0.5) is 0 Å². The molecule has 1 aromatic carbocycles. The highest BCUT2D eigenvalue weighted by molar-refractivity contribution is 5.97. The maximum absolute atomic E-state index is 12.6. The maximum atomic E-state index is 12.6. The number of hydrogen-bond acceptors (Lipinski definition) is 2. The van der Waals surface area contributed by atoms with Crippen molar-refractivity contribution in [3.63, 3.8) is 0 Å². The second kappa shape index (κ2) is 6.74. The van der Waals surface area contributed by atoms with Crippen LogP contribution < -0.4 is 0 Å². The Labute approximate surface area is 128 Å². The van der Waals surface area contributed by atoms with Gasteiger partial charge in [-0.25, -0.2) is 0 Å². The van der Waals surface area contributed by atoms with Gasteiger partial charge >= 0.3 is 0 Å². The van der Waals surface area contributed by atoms with Crippen LogP contribution in [0.15, 0.2) is 30.3 Å². The molecule has 0 spiro atoms. The van der Waals surface area contributed by atoms with E-state index in [9.17, 15) is 4.79 Å². The van der Waals surface area contributed by atoms with E-state index in [0.717, 1.165) is 24.1 Å². The number of benzene rings is 1. The highest BCUT2D eigenvalue weighted by Crippen LogP contribution is 2.35. The fraction of sp³-hybridized carbons (Fsp3) is 0.632. The van der Waals surface area contributed by atoms with E-state index in [-0.39, 0.29) is 5.92 Å². The predicted octanol–water partition coefficient (Wildman–Crippen LogP) is 4.16. The molecular formula is C19H27NO. The van der Waals surface area contributed by atoms with E-state index in [1.165, 1.54) is 45.1 Å². The van der Waals surface area contributed by atoms with Gasteiger partial charge in [-0.05, 0) is 38.1 Å². The lowest BCUT2D eigenvalue weighted by molar-refractivity contribution is 0.0470. The third-order valence-electron chi connectivity index (χ3n) is 5.37. The normalized spacial score (nSPS) is 27.9. The fourth-order valence-electron chi connectivity index (χ4n) is 4.28. The van der Waals surface area contributed by atoms with E-state index in [4.69, 9.17) is 0 Å². The summed E-state index contributed by atoms with van der Waals surface area (Å²) in [6, 6.07) is 10.5. The summed E-state index contributed by atoms with van der Waals surface area (Å²) in [5, 5.41) is 0. The number of piperidine rings is 1. The number of ketones is 1. The van der Waals surface area contributed by atoms with Gasteiger partial charge in [0.15, 0.2) is 5.78 Å². The van der Waals surface area contributed by atoms with Gasteiger partial charge < -0.3 is 0 Å². The first-order valence-corrected chi connectivity index (χ1v) is 8.59. The number of nitrogens with zero attached hydrogens (tertiary/aromatic N) is 1. The van der Waals surface area contributed by atoms with Crippen molar-refractivity contribution < 1.29 is 4.79 Å². The Morgan fingerprint density at radius 2 is 1.86 bits per heavy atom. The summed E-state index contributed by atoms with van der Waals surface area (Å²) in [6.07, 6.45) is 8.25. The van der Waals surface area contributed by atoms with Crippen LogP contribution in [0, 0.1) is 11.8 Å². The minimum absolute atomic E-state index is 0.105. The molecule has 3 unspecified atom stereocenters. The first-order valence-electron chi connectivity index (χ1n) is 8.59. The number of hydrogen-bond donors (Lipinski definition) is 0. The van der Waals surface area contributed by atoms with Crippen molar-refractivity contribution in [1.29, 1.82) is 0 Å². The highest BCUT2D eigenvalue weighted by Gasteiger charge is 2.34. The summed E-state index contributed by atoms with van der Waals surface area (Å²) in [5.74, 6) is 1.30. The Hall–Kier alpha value is -1.15. The SMILES string of the molecule is CC(CN1CCCC2CCCCC21)C(=O)c1ccccc1. The van der Waals surface area contributed by atoms with Crippen molar-refractivity contribution in [1.82, 2.24) is 4.90 Å². The standard InChI is InChI=1S/C19H27NO/c1-15(19(21)17-9-3-2-4-10-17)14-20-13-7-11-16-8-5-6-12-18(16)20/h2-4,9-10,15-16,18H,5-8,11-14H2,1H3. The minimum Gasteiger partial charge on any atom is -0.299 e. The van der Waals surface area contributed by atoms with Gasteiger partial charge in [0.25, 0.3) is 0 Å². The molecule has 1 saturated heterocycles. The molecule has 2 heteroatoms. The number of Topliss-reactive ketones (excluding diaryl/α,β-unsaturated/α-hetero) is 1. The van der Waals surface area contributed by atoms with Crippen LogP contribution >= 0.6 is 0 Å². The molecule has 0 amide bonds. The molecule has 0 aromatic heterocycles. The summed E-state index contributed by atoms with van der Waals surface area (Å²) in [4.78, 5) is 15.2. The van der Waals surface area contributed by atoms with Gasteiger partial charge in [0.05, 0.1) is 0 Å². The topological polar surface area (TPSA) is 20.3 Å². The van der Waals surface area contributed by atoms with E-state index in [1.54, 1.807) is 0 Å². The lowest BCUT2D eigenvalue weighted by Crippen LogP contribution is -2.48. The lowest BCUT2D eigenvalue weighted by atomic mass is 9.78. The Bertz CT molecular complexity index is 468. The molecule has 0 bridgehead atoms. The van der Waals surface area contributed by atoms with E-state index >= 15 is 0 Å². The molecule has 21 heavy (non-hydrogen) atoms. The zero-order valence-electron chi connectivity index (χ0n) is 13.1. The second-order valence-electron chi connectivity index (χ2n) is 6.88.